The van der Waals surface area contributed by atoms with Crippen LogP contribution in [0.1, 0.15) is 0 Å². The second-order valence-corrected chi connectivity index (χ2v) is 2.24. The number of fused-ring (bicyclic) bond motifs is 1. The average Bonchev–Trinajstić information content (AvgIpc) is 2.36. The van der Waals surface area contributed by atoms with Gasteiger partial charge in [-0.3, -0.25) is 4.99 Å². The third-order valence-electron chi connectivity index (χ3n) is 1.59. The molecule has 0 aromatic carbocycles. The highest BCUT2D eigenvalue weighted by Crippen LogP contribution is 2.25. The van der Waals surface area contributed by atoms with E-state index in [1.54, 1.807) is 18.4 Å². The van der Waals surface area contributed by atoms with Crippen LogP contribution in [0.2, 0.25) is 0 Å². The van der Waals surface area contributed by atoms with E-state index in [9.17, 15) is 4.39 Å². The molecule has 0 aromatic heterocycles. The quantitative estimate of drug-likeness (QED) is 0.480. The Balaban J connectivity index is 2.45. The minimum atomic E-state index is -0.956. The van der Waals surface area contributed by atoms with Gasteiger partial charge in [0.25, 0.3) is 0 Å². The molecule has 0 spiro atoms. The number of hydrogen-bond donors (Lipinski definition) is 0. The van der Waals surface area contributed by atoms with Crippen molar-refractivity contribution in [2.24, 2.45) is 4.99 Å². The van der Waals surface area contributed by atoms with Crippen LogP contribution in [0.3, 0.4) is 0 Å². The number of hydrogen-bond acceptors (Lipinski definition) is 1. The molecule has 10 heavy (non-hydrogen) atoms. The Morgan fingerprint density at radius 2 is 2.30 bits per heavy atom. The van der Waals surface area contributed by atoms with Crippen molar-refractivity contribution in [3.8, 4) is 0 Å². The zero-order valence-corrected chi connectivity index (χ0v) is 5.29. The topological polar surface area (TPSA) is 12.4 Å². The molecule has 0 unspecified atom stereocenters. The highest BCUT2D eigenvalue weighted by molar-refractivity contribution is 5.80. The molecule has 50 valence electrons. The van der Waals surface area contributed by atoms with Gasteiger partial charge >= 0.3 is 0 Å². The van der Waals surface area contributed by atoms with Crippen molar-refractivity contribution < 1.29 is 4.39 Å². The van der Waals surface area contributed by atoms with Gasteiger partial charge < -0.3 is 0 Å². The number of alkyl halides is 1. The summed E-state index contributed by atoms with van der Waals surface area (Å²) >= 11 is 0. The van der Waals surface area contributed by atoms with E-state index >= 15 is 0 Å². The molecule has 0 fully saturated rings. The fraction of sp³-hybridized carbons (Fsp3) is 0.125. The minimum Gasteiger partial charge on any atom is -0.256 e. The molecule has 0 saturated carbocycles. The third kappa shape index (κ3) is 0.652. The van der Waals surface area contributed by atoms with Crippen molar-refractivity contribution in [3.63, 3.8) is 0 Å². The summed E-state index contributed by atoms with van der Waals surface area (Å²) in [6.07, 6.45) is 7.40. The fourth-order valence-corrected chi connectivity index (χ4v) is 1.08. The largest absolute Gasteiger partial charge is 0.256 e. The van der Waals surface area contributed by atoms with Crippen LogP contribution in [-0.4, -0.2) is 12.4 Å². The predicted molar refractivity (Wildman–Crippen MR) is 38.7 cm³/mol. The first-order chi connectivity index (χ1) is 4.88. The lowest BCUT2D eigenvalue weighted by molar-refractivity contribution is 0.452. The molecule has 0 aromatic rings. The summed E-state index contributed by atoms with van der Waals surface area (Å²) in [5.41, 5.74) is 1.44. The number of halogens is 1. The molecule has 0 N–H and O–H groups in total. The highest BCUT2D eigenvalue weighted by Gasteiger charge is 2.18. The molecule has 1 aliphatic carbocycles. The molecule has 2 aliphatic rings. The Bertz CT molecular complexity index is 271. The van der Waals surface area contributed by atoms with Crippen molar-refractivity contribution in [2.45, 2.75) is 6.17 Å². The third-order valence-corrected chi connectivity index (χ3v) is 1.59. The summed E-state index contributed by atoms with van der Waals surface area (Å²) in [4.78, 5) is 3.96. The smallest absolute Gasteiger partial charge is 0.146 e. The van der Waals surface area contributed by atoms with Crippen LogP contribution < -0.4 is 0 Å². The summed E-state index contributed by atoms with van der Waals surface area (Å²) in [6, 6.07) is 0. The fourth-order valence-electron chi connectivity index (χ4n) is 1.08. The molecular formula is C8H6FN. The molecule has 2 rings (SSSR count). The van der Waals surface area contributed by atoms with Gasteiger partial charge in [0.05, 0.1) is 5.70 Å². The molecule has 2 heteroatoms. The summed E-state index contributed by atoms with van der Waals surface area (Å²) in [5.74, 6) is 0. The molecule has 1 aliphatic heterocycles. The average molecular weight is 135 g/mol. The van der Waals surface area contributed by atoms with Crippen LogP contribution >= 0.6 is 0 Å². The monoisotopic (exact) mass is 135 g/mol. The maximum atomic E-state index is 12.9. The standard InChI is InChI=1S/C8H6FN/c9-7-2-1-3-8-6(7)4-5-10-8/h1-5,7H/t7-/m1/s1. The SMILES string of the molecule is F[C@@H]1C=CC=C2N=CC=C21. The summed E-state index contributed by atoms with van der Waals surface area (Å²) in [6.45, 7) is 0. The molecule has 0 radical (unpaired) electrons. The van der Waals surface area contributed by atoms with Gasteiger partial charge in [0.15, 0.2) is 0 Å². The normalized spacial score (nSPS) is 27.9. The molecule has 0 saturated heterocycles. The van der Waals surface area contributed by atoms with E-state index in [4.69, 9.17) is 0 Å². The molecule has 0 amide bonds. The highest BCUT2D eigenvalue weighted by atomic mass is 19.1. The number of aliphatic imine (C=N–C) groups is 1. The van der Waals surface area contributed by atoms with Gasteiger partial charge in [0.2, 0.25) is 0 Å². The lowest BCUT2D eigenvalue weighted by Crippen LogP contribution is -2.03. The Morgan fingerprint density at radius 3 is 3.10 bits per heavy atom. The zero-order valence-electron chi connectivity index (χ0n) is 5.29. The predicted octanol–water partition coefficient (Wildman–Crippen LogP) is 1.79. The maximum absolute atomic E-state index is 12.9. The van der Waals surface area contributed by atoms with Gasteiger partial charge in [-0.25, -0.2) is 4.39 Å². The van der Waals surface area contributed by atoms with E-state index in [0.29, 0.717) is 5.57 Å². The van der Waals surface area contributed by atoms with Crippen LogP contribution in [0.25, 0.3) is 0 Å². The van der Waals surface area contributed by atoms with Gasteiger partial charge in [-0.2, -0.15) is 0 Å². The van der Waals surface area contributed by atoms with Crippen LogP contribution in [0.15, 0.2) is 40.6 Å². The van der Waals surface area contributed by atoms with E-state index in [1.807, 2.05) is 6.08 Å². The second-order valence-electron chi connectivity index (χ2n) is 2.24. The first-order valence-corrected chi connectivity index (χ1v) is 3.15. The van der Waals surface area contributed by atoms with Crippen LogP contribution in [0.4, 0.5) is 4.39 Å². The molecule has 0 bridgehead atoms. The van der Waals surface area contributed by atoms with Gasteiger partial charge in [0, 0.05) is 11.8 Å². The van der Waals surface area contributed by atoms with Gasteiger partial charge in [0.1, 0.15) is 6.17 Å². The summed E-state index contributed by atoms with van der Waals surface area (Å²) in [5, 5.41) is 0. The summed E-state index contributed by atoms with van der Waals surface area (Å²) < 4.78 is 12.9. The number of rotatable bonds is 0. The molecule has 1 heterocycles. The van der Waals surface area contributed by atoms with Crippen LogP contribution in [0.5, 0.6) is 0 Å². The molecule has 1 nitrogen and oxygen atoms in total. The van der Waals surface area contributed by atoms with Crippen LogP contribution in [0, 0.1) is 0 Å². The van der Waals surface area contributed by atoms with Crippen LogP contribution in [-0.2, 0) is 0 Å². The van der Waals surface area contributed by atoms with Crippen molar-refractivity contribution >= 4 is 6.21 Å². The second kappa shape index (κ2) is 1.90. The number of allylic oxidation sites excluding steroid dienone is 5. The molecular weight excluding hydrogens is 129 g/mol. The maximum Gasteiger partial charge on any atom is 0.146 e. The van der Waals surface area contributed by atoms with Crippen molar-refractivity contribution in [3.05, 3.63) is 35.6 Å². The number of nitrogens with zero attached hydrogens (tertiary/aromatic N) is 1. The Morgan fingerprint density at radius 1 is 1.40 bits per heavy atom. The lowest BCUT2D eigenvalue weighted by Gasteiger charge is -2.08. The van der Waals surface area contributed by atoms with E-state index in [0.717, 1.165) is 5.70 Å². The first kappa shape index (κ1) is 5.59. The first-order valence-electron chi connectivity index (χ1n) is 3.15. The van der Waals surface area contributed by atoms with Crippen molar-refractivity contribution in [1.82, 2.24) is 0 Å². The lowest BCUT2D eigenvalue weighted by atomic mass is 10.0. The summed E-state index contributed by atoms with van der Waals surface area (Å²) in [7, 11) is 0. The Kier molecular flexibility index (Phi) is 1.07. The van der Waals surface area contributed by atoms with Gasteiger partial charge in [-0.15, -0.1) is 0 Å². The Hall–Kier alpha value is -1.18. The van der Waals surface area contributed by atoms with E-state index in [-0.39, 0.29) is 0 Å². The van der Waals surface area contributed by atoms with Gasteiger partial charge in [-0.1, -0.05) is 6.08 Å². The molecule has 1 atom stereocenters. The van der Waals surface area contributed by atoms with E-state index in [1.165, 1.54) is 6.08 Å². The van der Waals surface area contributed by atoms with Crippen molar-refractivity contribution in [2.75, 3.05) is 0 Å². The van der Waals surface area contributed by atoms with Gasteiger partial charge in [-0.05, 0) is 18.2 Å². The van der Waals surface area contributed by atoms with E-state index < -0.39 is 6.17 Å². The van der Waals surface area contributed by atoms with Crippen molar-refractivity contribution in [1.29, 1.82) is 0 Å². The zero-order chi connectivity index (χ0) is 6.97. The van der Waals surface area contributed by atoms with E-state index in [2.05, 4.69) is 4.99 Å². The Labute approximate surface area is 58.3 Å². The minimum absolute atomic E-state index is 0.683.